The number of hydrogen-bond acceptors (Lipinski definition) is 4. The van der Waals surface area contributed by atoms with Crippen LogP contribution in [-0.2, 0) is 9.31 Å². The third kappa shape index (κ3) is 2.05. The van der Waals surface area contributed by atoms with Crippen LogP contribution in [0.2, 0.25) is 0 Å². The molecule has 1 aromatic heterocycles. The smallest absolute Gasteiger partial charge is 0.496 e. The van der Waals surface area contributed by atoms with Gasteiger partial charge in [0.1, 0.15) is 5.75 Å². The van der Waals surface area contributed by atoms with Crippen molar-refractivity contribution in [2.75, 3.05) is 7.11 Å². The lowest BCUT2D eigenvalue weighted by Crippen LogP contribution is -2.41. The van der Waals surface area contributed by atoms with Gasteiger partial charge in [-0.15, -0.1) is 11.3 Å². The maximum atomic E-state index is 6.13. The Morgan fingerprint density at radius 2 is 1.75 bits per heavy atom. The Morgan fingerprint density at radius 1 is 1.10 bits per heavy atom. The monoisotopic (exact) mass is 290 g/mol. The molecule has 1 aromatic carbocycles. The zero-order chi connectivity index (χ0) is 14.5. The van der Waals surface area contributed by atoms with Crippen molar-refractivity contribution >= 4 is 34.0 Å². The van der Waals surface area contributed by atoms with E-state index in [0.717, 1.165) is 16.6 Å². The van der Waals surface area contributed by atoms with Crippen molar-refractivity contribution in [1.29, 1.82) is 0 Å². The van der Waals surface area contributed by atoms with Gasteiger partial charge in [-0.1, -0.05) is 0 Å². The summed E-state index contributed by atoms with van der Waals surface area (Å²) < 4.78 is 18.8. The summed E-state index contributed by atoms with van der Waals surface area (Å²) in [5, 5.41) is 3.26. The van der Waals surface area contributed by atoms with E-state index in [9.17, 15) is 0 Å². The first-order valence-corrected chi connectivity index (χ1v) is 7.63. The Labute approximate surface area is 124 Å². The molecule has 1 aliphatic rings. The predicted octanol–water partition coefficient (Wildman–Crippen LogP) is 3.21. The fourth-order valence-corrected chi connectivity index (χ4v) is 3.25. The molecule has 0 spiro atoms. The van der Waals surface area contributed by atoms with Crippen LogP contribution in [0.25, 0.3) is 10.1 Å². The van der Waals surface area contributed by atoms with Gasteiger partial charge in [0.05, 0.1) is 18.3 Å². The Bertz CT molecular complexity index is 632. The molecule has 2 heterocycles. The van der Waals surface area contributed by atoms with E-state index in [4.69, 9.17) is 14.0 Å². The quantitative estimate of drug-likeness (QED) is 0.795. The molecule has 5 heteroatoms. The third-order valence-corrected chi connectivity index (χ3v) is 5.30. The van der Waals surface area contributed by atoms with Gasteiger partial charge in [-0.2, -0.15) is 0 Å². The van der Waals surface area contributed by atoms with Crippen molar-refractivity contribution in [3.05, 3.63) is 23.6 Å². The predicted molar refractivity (Wildman–Crippen MR) is 84.1 cm³/mol. The van der Waals surface area contributed by atoms with Gasteiger partial charge in [0.15, 0.2) is 0 Å². The van der Waals surface area contributed by atoms with Crippen LogP contribution in [-0.4, -0.2) is 25.4 Å². The van der Waals surface area contributed by atoms with Gasteiger partial charge in [0, 0.05) is 10.2 Å². The Kier molecular flexibility index (Phi) is 3.12. The number of methoxy groups -OCH3 is 1. The molecule has 0 aliphatic carbocycles. The van der Waals surface area contributed by atoms with E-state index >= 15 is 0 Å². The number of thiophene rings is 1. The molecule has 0 bridgehead atoms. The second-order valence-electron chi connectivity index (χ2n) is 6.14. The van der Waals surface area contributed by atoms with Crippen LogP contribution >= 0.6 is 11.3 Å². The van der Waals surface area contributed by atoms with Crippen LogP contribution < -0.4 is 10.2 Å². The lowest BCUT2D eigenvalue weighted by Gasteiger charge is -2.32. The highest BCUT2D eigenvalue weighted by Gasteiger charge is 2.52. The molecule has 106 valence electrons. The minimum absolute atomic E-state index is 0.315. The molecule has 1 aliphatic heterocycles. The van der Waals surface area contributed by atoms with E-state index < -0.39 is 0 Å². The van der Waals surface area contributed by atoms with Gasteiger partial charge in [-0.25, -0.2) is 0 Å². The fourth-order valence-electron chi connectivity index (χ4n) is 2.31. The van der Waals surface area contributed by atoms with E-state index in [0.29, 0.717) is 0 Å². The maximum Gasteiger partial charge on any atom is 0.496 e. The van der Waals surface area contributed by atoms with Crippen molar-refractivity contribution in [2.24, 2.45) is 0 Å². The van der Waals surface area contributed by atoms with Crippen LogP contribution in [0.3, 0.4) is 0 Å². The van der Waals surface area contributed by atoms with Crippen LogP contribution in [0.15, 0.2) is 23.6 Å². The molecule has 3 nitrogen and oxygen atoms in total. The summed E-state index contributed by atoms with van der Waals surface area (Å²) in [6.45, 7) is 8.29. The highest BCUT2D eigenvalue weighted by atomic mass is 32.1. The van der Waals surface area contributed by atoms with Gasteiger partial charge >= 0.3 is 7.12 Å². The van der Waals surface area contributed by atoms with Crippen molar-refractivity contribution in [2.45, 2.75) is 38.9 Å². The Hall–Kier alpha value is -1.04. The first kappa shape index (κ1) is 13.9. The highest BCUT2D eigenvalue weighted by molar-refractivity contribution is 7.18. The Balaban J connectivity index is 2.03. The topological polar surface area (TPSA) is 27.7 Å². The Morgan fingerprint density at radius 3 is 2.35 bits per heavy atom. The summed E-state index contributed by atoms with van der Waals surface area (Å²) in [4.78, 5) is 0. The summed E-state index contributed by atoms with van der Waals surface area (Å²) in [7, 11) is 1.36. The first-order chi connectivity index (χ1) is 9.34. The third-order valence-electron chi connectivity index (χ3n) is 4.32. The first-order valence-electron chi connectivity index (χ1n) is 6.75. The molecular weight excluding hydrogens is 271 g/mol. The van der Waals surface area contributed by atoms with E-state index in [-0.39, 0.29) is 18.3 Å². The zero-order valence-corrected chi connectivity index (χ0v) is 13.3. The molecule has 3 rings (SSSR count). The van der Waals surface area contributed by atoms with Crippen LogP contribution in [0, 0.1) is 0 Å². The van der Waals surface area contributed by atoms with Gasteiger partial charge in [-0.3, -0.25) is 0 Å². The minimum atomic E-state index is -0.319. The summed E-state index contributed by atoms with van der Waals surface area (Å²) in [6.07, 6.45) is 0. The van der Waals surface area contributed by atoms with Crippen LogP contribution in [0.4, 0.5) is 0 Å². The largest absolute Gasteiger partial charge is 0.497 e. The number of benzene rings is 1. The second kappa shape index (κ2) is 4.48. The molecule has 0 saturated carbocycles. The van der Waals surface area contributed by atoms with E-state index in [1.54, 1.807) is 18.4 Å². The number of rotatable bonds is 2. The molecule has 0 amide bonds. The van der Waals surface area contributed by atoms with E-state index in [1.807, 2.05) is 12.1 Å². The van der Waals surface area contributed by atoms with Crippen molar-refractivity contribution in [3.8, 4) is 5.75 Å². The van der Waals surface area contributed by atoms with Crippen LogP contribution in [0.1, 0.15) is 27.7 Å². The molecule has 1 saturated heterocycles. The van der Waals surface area contributed by atoms with Gasteiger partial charge in [0.25, 0.3) is 0 Å². The average molecular weight is 290 g/mol. The highest BCUT2D eigenvalue weighted by Crippen LogP contribution is 2.37. The fraction of sp³-hybridized carbons (Fsp3) is 0.467. The number of hydrogen-bond donors (Lipinski definition) is 0. The standard InChI is InChI=1S/C15H19BO3S/c1-14(2)15(3,4)19-16(18-14)12-9-20-13-7-6-10(17-5)8-11(12)13/h6-9H,1-5H3. The molecule has 0 unspecified atom stereocenters. The van der Waals surface area contributed by atoms with Gasteiger partial charge in [-0.05, 0) is 56.7 Å². The van der Waals surface area contributed by atoms with Crippen molar-refractivity contribution < 1.29 is 14.0 Å². The van der Waals surface area contributed by atoms with Crippen LogP contribution in [0.5, 0.6) is 5.75 Å². The van der Waals surface area contributed by atoms with E-state index in [1.165, 1.54) is 4.70 Å². The molecule has 20 heavy (non-hydrogen) atoms. The average Bonchev–Trinajstić information content (AvgIpc) is 2.87. The molecule has 2 aromatic rings. The molecule has 0 atom stereocenters. The second-order valence-corrected chi connectivity index (χ2v) is 7.05. The molecule has 0 N–H and O–H groups in total. The SMILES string of the molecule is COc1ccc2scc(B3OC(C)(C)C(C)(C)O3)c2c1. The summed E-state index contributed by atoms with van der Waals surface area (Å²) >= 11 is 1.70. The lowest BCUT2D eigenvalue weighted by atomic mass is 9.79. The lowest BCUT2D eigenvalue weighted by molar-refractivity contribution is 0.00578. The molecule has 0 radical (unpaired) electrons. The van der Waals surface area contributed by atoms with Crippen molar-refractivity contribution in [1.82, 2.24) is 0 Å². The summed E-state index contributed by atoms with van der Waals surface area (Å²) in [6, 6.07) is 6.10. The number of ether oxygens (including phenoxy) is 1. The van der Waals surface area contributed by atoms with Gasteiger partial charge < -0.3 is 14.0 Å². The normalized spacial score (nSPS) is 20.6. The molecular formula is C15H19BO3S. The van der Waals surface area contributed by atoms with E-state index in [2.05, 4.69) is 39.1 Å². The van der Waals surface area contributed by atoms with Gasteiger partial charge in [0.2, 0.25) is 0 Å². The zero-order valence-electron chi connectivity index (χ0n) is 12.5. The molecule has 1 fully saturated rings. The number of fused-ring (bicyclic) bond motifs is 1. The van der Waals surface area contributed by atoms with Crippen molar-refractivity contribution in [3.63, 3.8) is 0 Å². The maximum absolute atomic E-state index is 6.13. The summed E-state index contributed by atoms with van der Waals surface area (Å²) in [5.74, 6) is 0.855. The summed E-state index contributed by atoms with van der Waals surface area (Å²) in [5.41, 5.74) is 0.456. The minimum Gasteiger partial charge on any atom is -0.497 e.